The molecule has 296 valence electrons. The van der Waals surface area contributed by atoms with Gasteiger partial charge in [-0.2, -0.15) is 0 Å². The smallest absolute Gasteiger partial charge is 0.407 e. The van der Waals surface area contributed by atoms with Gasteiger partial charge in [-0.1, -0.05) is 26.8 Å². The number of nitrogens with zero attached hydrogens (tertiary/aromatic N) is 1. The monoisotopic (exact) mass is 783 g/mol. The van der Waals surface area contributed by atoms with Crippen LogP contribution in [0.1, 0.15) is 107 Å². The molecule has 0 radical (unpaired) electrons. The molecule has 0 saturated heterocycles. The van der Waals surface area contributed by atoms with Crippen LogP contribution >= 0.6 is 11.3 Å². The number of ether oxygens (including phenoxy) is 3. The predicted molar refractivity (Wildman–Crippen MR) is 215 cm³/mol. The standard InChI is InChI=1S/C42H49N5O8S/c1-8-16-43-39(50)33-12-10-27(35(46-33)40(51)53-7)28-22-34-31(36-26(14-18-54-34)15-19-56-36)21-29(28)38(49)47-32-11-9-25(23-45-41(52)55-42(4,5)6)20-30(32)37(48)44-17-13-24(2)3/h9-12,15,19-22,24H,8,13-14,16-18,23H2,1-7H3,(H,43,50)(H,44,48)(H,45,52)(H,47,49). The van der Waals surface area contributed by atoms with Crippen LogP contribution in [0.4, 0.5) is 10.5 Å². The lowest BCUT2D eigenvalue weighted by molar-refractivity contribution is 0.0521. The van der Waals surface area contributed by atoms with Crippen LogP contribution in [0.25, 0.3) is 21.6 Å². The largest absolute Gasteiger partial charge is 0.493 e. The molecule has 56 heavy (non-hydrogen) atoms. The van der Waals surface area contributed by atoms with E-state index in [9.17, 15) is 24.0 Å². The van der Waals surface area contributed by atoms with Crippen LogP contribution < -0.4 is 26.0 Å². The summed E-state index contributed by atoms with van der Waals surface area (Å²) in [6, 6.07) is 13.4. The number of hydrogen-bond donors (Lipinski definition) is 4. The summed E-state index contributed by atoms with van der Waals surface area (Å²) in [7, 11) is 1.21. The van der Waals surface area contributed by atoms with E-state index in [-0.39, 0.29) is 40.3 Å². The summed E-state index contributed by atoms with van der Waals surface area (Å²) in [6.45, 7) is 12.6. The number of methoxy groups -OCH3 is 1. The Balaban J connectivity index is 1.60. The van der Waals surface area contributed by atoms with E-state index in [4.69, 9.17) is 14.2 Å². The summed E-state index contributed by atoms with van der Waals surface area (Å²) in [5.74, 6) is -1.40. The Kier molecular flexibility index (Phi) is 13.5. The molecule has 0 fully saturated rings. The van der Waals surface area contributed by atoms with E-state index in [0.717, 1.165) is 16.9 Å². The molecule has 13 nitrogen and oxygen atoms in total. The third-order valence-electron chi connectivity index (χ3n) is 8.74. The van der Waals surface area contributed by atoms with Crippen LogP contribution in [0, 0.1) is 5.92 Å². The molecule has 0 bridgehead atoms. The van der Waals surface area contributed by atoms with Gasteiger partial charge in [-0.05, 0) is 98.5 Å². The lowest BCUT2D eigenvalue weighted by Gasteiger charge is -2.20. The molecule has 3 heterocycles. The Labute approximate surface area is 330 Å². The summed E-state index contributed by atoms with van der Waals surface area (Å²) in [4.78, 5) is 72.2. The van der Waals surface area contributed by atoms with Crippen LogP contribution in [0.15, 0.2) is 53.9 Å². The summed E-state index contributed by atoms with van der Waals surface area (Å²) in [5.41, 5.74) is 2.64. The van der Waals surface area contributed by atoms with Gasteiger partial charge in [0.05, 0.1) is 25.0 Å². The molecule has 4 amide bonds. The minimum absolute atomic E-state index is 0.0113. The van der Waals surface area contributed by atoms with Crippen molar-refractivity contribution in [3.8, 4) is 27.3 Å². The number of carbonyl (C=O) groups is 5. The Hall–Kier alpha value is -5.76. The van der Waals surface area contributed by atoms with Gasteiger partial charge in [0.15, 0.2) is 5.69 Å². The minimum Gasteiger partial charge on any atom is -0.493 e. The number of pyridine rings is 1. The normalized spacial score (nSPS) is 12.0. The van der Waals surface area contributed by atoms with Gasteiger partial charge >= 0.3 is 12.1 Å². The fourth-order valence-corrected chi connectivity index (χ4v) is 6.93. The number of alkyl carbamates (subject to hydrolysis) is 1. The lowest BCUT2D eigenvalue weighted by Crippen LogP contribution is -2.32. The fraction of sp³-hybridized carbons (Fsp3) is 0.381. The van der Waals surface area contributed by atoms with Crippen molar-refractivity contribution in [3.63, 3.8) is 0 Å². The van der Waals surface area contributed by atoms with Gasteiger partial charge in [-0.3, -0.25) is 14.4 Å². The third-order valence-corrected chi connectivity index (χ3v) is 9.73. The first kappa shape index (κ1) is 41.4. The van der Waals surface area contributed by atoms with Gasteiger partial charge in [0.1, 0.15) is 17.0 Å². The highest BCUT2D eigenvalue weighted by atomic mass is 32.1. The third kappa shape index (κ3) is 10.3. The van der Waals surface area contributed by atoms with Gasteiger partial charge in [-0.25, -0.2) is 14.6 Å². The van der Waals surface area contributed by atoms with Crippen molar-refractivity contribution in [1.29, 1.82) is 0 Å². The molecule has 0 unspecified atom stereocenters. The second-order valence-electron chi connectivity index (χ2n) is 14.7. The van der Waals surface area contributed by atoms with Crippen LogP contribution in [-0.4, -0.2) is 67.2 Å². The van der Waals surface area contributed by atoms with Gasteiger partial charge in [-0.15, -0.1) is 11.3 Å². The van der Waals surface area contributed by atoms with Crippen molar-refractivity contribution >= 4 is 46.8 Å². The van der Waals surface area contributed by atoms with E-state index >= 15 is 0 Å². The van der Waals surface area contributed by atoms with E-state index in [1.54, 1.807) is 57.2 Å². The first-order valence-electron chi connectivity index (χ1n) is 18.6. The summed E-state index contributed by atoms with van der Waals surface area (Å²) >= 11 is 1.52. The minimum atomic E-state index is -0.802. The second-order valence-corrected chi connectivity index (χ2v) is 15.7. The van der Waals surface area contributed by atoms with Crippen LogP contribution in [0.3, 0.4) is 0 Å². The van der Waals surface area contributed by atoms with Crippen molar-refractivity contribution in [2.24, 2.45) is 5.92 Å². The number of carbonyl (C=O) groups excluding carboxylic acids is 5. The van der Waals surface area contributed by atoms with Crippen molar-refractivity contribution < 1.29 is 38.2 Å². The molecule has 2 aromatic carbocycles. The highest BCUT2D eigenvalue weighted by Crippen LogP contribution is 2.43. The Bertz CT molecular complexity index is 2120. The predicted octanol–water partition coefficient (Wildman–Crippen LogP) is 7.39. The fourth-order valence-electron chi connectivity index (χ4n) is 5.96. The maximum Gasteiger partial charge on any atom is 0.407 e. The van der Waals surface area contributed by atoms with E-state index in [1.807, 2.05) is 18.4 Å². The number of benzene rings is 2. The number of rotatable bonds is 13. The number of nitrogens with one attached hydrogen (secondary N) is 4. The topological polar surface area (TPSA) is 174 Å². The van der Waals surface area contributed by atoms with Crippen molar-refractivity contribution in [2.75, 3.05) is 32.1 Å². The highest BCUT2D eigenvalue weighted by molar-refractivity contribution is 7.13. The number of esters is 1. The number of anilines is 1. The van der Waals surface area contributed by atoms with Crippen molar-refractivity contribution in [3.05, 3.63) is 87.6 Å². The molecule has 1 aliphatic heterocycles. The van der Waals surface area contributed by atoms with Crippen molar-refractivity contribution in [1.82, 2.24) is 20.9 Å². The summed E-state index contributed by atoms with van der Waals surface area (Å²) in [6.07, 6.45) is 1.50. The molecule has 4 aromatic rings. The first-order chi connectivity index (χ1) is 26.7. The van der Waals surface area contributed by atoms with Gasteiger partial charge < -0.3 is 35.5 Å². The van der Waals surface area contributed by atoms with E-state index in [1.165, 1.54) is 24.5 Å². The zero-order chi connectivity index (χ0) is 40.6. The number of fused-ring (bicyclic) bond motifs is 3. The molecule has 5 rings (SSSR count). The van der Waals surface area contributed by atoms with Gasteiger partial charge in [0.25, 0.3) is 17.7 Å². The lowest BCUT2D eigenvalue weighted by atomic mass is 9.93. The van der Waals surface area contributed by atoms with E-state index in [0.29, 0.717) is 60.9 Å². The van der Waals surface area contributed by atoms with Gasteiger partial charge in [0.2, 0.25) is 0 Å². The van der Waals surface area contributed by atoms with E-state index in [2.05, 4.69) is 40.1 Å². The molecule has 0 saturated carbocycles. The quantitative estimate of drug-likeness (QED) is 0.101. The number of hydrogen-bond acceptors (Lipinski definition) is 10. The van der Waals surface area contributed by atoms with Gasteiger partial charge in [0, 0.05) is 53.2 Å². The summed E-state index contributed by atoms with van der Waals surface area (Å²) in [5, 5.41) is 13.4. The average Bonchev–Trinajstić information content (AvgIpc) is 3.56. The number of amides is 4. The number of aromatic nitrogens is 1. The molecular weight excluding hydrogens is 735 g/mol. The Morgan fingerprint density at radius 1 is 0.875 bits per heavy atom. The second kappa shape index (κ2) is 18.2. The maximum atomic E-state index is 14.6. The molecule has 0 aliphatic carbocycles. The molecule has 4 N–H and O–H groups in total. The number of thiophene rings is 1. The molecule has 0 atom stereocenters. The molecule has 0 spiro atoms. The first-order valence-corrected chi connectivity index (χ1v) is 19.5. The highest BCUT2D eigenvalue weighted by Gasteiger charge is 2.28. The van der Waals surface area contributed by atoms with Crippen molar-refractivity contribution in [2.45, 2.75) is 73.0 Å². The van der Waals surface area contributed by atoms with Crippen LogP contribution in [0.2, 0.25) is 0 Å². The maximum absolute atomic E-state index is 14.6. The zero-order valence-electron chi connectivity index (χ0n) is 32.8. The van der Waals surface area contributed by atoms with E-state index < -0.39 is 35.4 Å². The summed E-state index contributed by atoms with van der Waals surface area (Å²) < 4.78 is 16.7. The molecular formula is C42H49N5O8S. The average molecular weight is 784 g/mol. The molecule has 14 heteroatoms. The SMILES string of the molecule is CCCNC(=O)c1ccc(-c2cc3c(cc2C(=O)Nc2ccc(CNC(=O)OC(C)(C)C)cc2C(=O)NCCC(C)C)-c2sccc2CCO3)c(C(=O)OC)n1. The van der Waals surface area contributed by atoms with Crippen LogP contribution in [0.5, 0.6) is 5.75 Å². The molecule has 1 aliphatic rings. The molecule has 2 aromatic heterocycles. The zero-order valence-corrected chi connectivity index (χ0v) is 33.7. The Morgan fingerprint density at radius 3 is 2.36 bits per heavy atom. The van der Waals surface area contributed by atoms with Crippen LogP contribution in [-0.2, 0) is 22.4 Å². The Morgan fingerprint density at radius 2 is 1.64 bits per heavy atom.